The van der Waals surface area contributed by atoms with Gasteiger partial charge < -0.3 is 15.8 Å². The first-order valence-electron chi connectivity index (χ1n) is 8.35. The Hall–Kier alpha value is -3.41. The third kappa shape index (κ3) is 2.86. The van der Waals surface area contributed by atoms with E-state index in [-0.39, 0.29) is 5.78 Å². The smallest absolute Gasteiger partial charge is 0.227 e. The van der Waals surface area contributed by atoms with Crippen LogP contribution in [0.5, 0.6) is 5.75 Å². The monoisotopic (exact) mass is 346 g/mol. The van der Waals surface area contributed by atoms with Crippen molar-refractivity contribution in [1.82, 2.24) is 9.97 Å². The molecule has 0 aliphatic heterocycles. The van der Waals surface area contributed by atoms with Crippen molar-refractivity contribution in [2.75, 3.05) is 18.2 Å². The maximum atomic E-state index is 12.1. The number of Topliss-reactive ketones (excluding diaryl/α,β-unsaturated/α-hetero) is 1. The highest BCUT2D eigenvalue weighted by molar-refractivity contribution is 6.06. The van der Waals surface area contributed by atoms with E-state index in [0.29, 0.717) is 30.0 Å². The topological polar surface area (TPSA) is 90.1 Å². The van der Waals surface area contributed by atoms with Crippen LogP contribution in [0.1, 0.15) is 22.3 Å². The molecule has 6 heteroatoms. The standard InChI is InChI=1S/C20H18N4O2/c1-26-13-4-2-3-12(11-13)23-20-22-10-9-17(24-20)14-5-7-16(21)19-15(14)6-8-18(19)25/h2-5,7,9-11H,6,8,21H2,1H3,(H,22,23,24). The number of nitrogens with zero attached hydrogens (tertiary/aromatic N) is 2. The summed E-state index contributed by atoms with van der Waals surface area (Å²) in [5, 5.41) is 3.18. The van der Waals surface area contributed by atoms with Crippen molar-refractivity contribution in [1.29, 1.82) is 0 Å². The van der Waals surface area contributed by atoms with E-state index in [9.17, 15) is 4.79 Å². The van der Waals surface area contributed by atoms with Crippen LogP contribution in [0.15, 0.2) is 48.7 Å². The van der Waals surface area contributed by atoms with Crippen molar-refractivity contribution >= 4 is 23.1 Å². The van der Waals surface area contributed by atoms with E-state index < -0.39 is 0 Å². The molecule has 1 aliphatic carbocycles. The molecule has 0 saturated carbocycles. The number of benzene rings is 2. The van der Waals surface area contributed by atoms with Crippen LogP contribution < -0.4 is 15.8 Å². The second-order valence-electron chi connectivity index (χ2n) is 6.10. The molecule has 130 valence electrons. The molecule has 0 fully saturated rings. The second-order valence-corrected chi connectivity index (χ2v) is 6.10. The van der Waals surface area contributed by atoms with E-state index in [1.54, 1.807) is 19.4 Å². The van der Waals surface area contributed by atoms with Crippen LogP contribution in [-0.2, 0) is 6.42 Å². The molecule has 3 N–H and O–H groups in total. The molecular formula is C20H18N4O2. The lowest BCUT2D eigenvalue weighted by Crippen LogP contribution is -2.02. The Balaban J connectivity index is 1.70. The van der Waals surface area contributed by atoms with Gasteiger partial charge in [-0.1, -0.05) is 12.1 Å². The van der Waals surface area contributed by atoms with Crippen LogP contribution in [0.4, 0.5) is 17.3 Å². The van der Waals surface area contributed by atoms with Crippen LogP contribution >= 0.6 is 0 Å². The second kappa shape index (κ2) is 6.48. The number of rotatable bonds is 4. The molecule has 3 aromatic rings. The summed E-state index contributed by atoms with van der Waals surface area (Å²) in [5.74, 6) is 1.33. The number of carbonyl (C=O) groups excluding carboxylic acids is 1. The number of ether oxygens (including phenoxy) is 1. The Morgan fingerprint density at radius 2 is 2.04 bits per heavy atom. The highest BCUT2D eigenvalue weighted by Crippen LogP contribution is 2.35. The van der Waals surface area contributed by atoms with Gasteiger partial charge in [0, 0.05) is 41.2 Å². The number of nitrogens with one attached hydrogen (secondary N) is 1. The summed E-state index contributed by atoms with van der Waals surface area (Å²) in [6.45, 7) is 0. The molecule has 0 radical (unpaired) electrons. The number of aromatic nitrogens is 2. The van der Waals surface area contributed by atoms with E-state index in [4.69, 9.17) is 10.5 Å². The van der Waals surface area contributed by atoms with Crippen molar-refractivity contribution < 1.29 is 9.53 Å². The fraction of sp³-hybridized carbons (Fsp3) is 0.150. The van der Waals surface area contributed by atoms with Crippen LogP contribution in [0.3, 0.4) is 0 Å². The van der Waals surface area contributed by atoms with Crippen LogP contribution in [0, 0.1) is 0 Å². The van der Waals surface area contributed by atoms with Gasteiger partial charge in [0.2, 0.25) is 5.95 Å². The van der Waals surface area contributed by atoms with Crippen molar-refractivity contribution in [3.63, 3.8) is 0 Å². The van der Waals surface area contributed by atoms with Gasteiger partial charge in [-0.15, -0.1) is 0 Å². The Bertz CT molecular complexity index is 1000. The number of hydrogen-bond acceptors (Lipinski definition) is 6. The van der Waals surface area contributed by atoms with Gasteiger partial charge in [0.1, 0.15) is 5.75 Å². The first kappa shape index (κ1) is 16.1. The van der Waals surface area contributed by atoms with Gasteiger partial charge >= 0.3 is 0 Å². The minimum atomic E-state index is 0.100. The summed E-state index contributed by atoms with van der Waals surface area (Å²) in [6.07, 6.45) is 2.89. The maximum absolute atomic E-state index is 12.1. The third-order valence-corrected chi connectivity index (χ3v) is 4.48. The van der Waals surface area contributed by atoms with Gasteiger partial charge in [-0.25, -0.2) is 9.97 Å². The van der Waals surface area contributed by atoms with Crippen molar-refractivity contribution in [3.05, 3.63) is 59.8 Å². The molecule has 1 heterocycles. The highest BCUT2D eigenvalue weighted by Gasteiger charge is 2.25. The fourth-order valence-corrected chi connectivity index (χ4v) is 3.26. The number of methoxy groups -OCH3 is 1. The van der Waals surface area contributed by atoms with Crippen molar-refractivity contribution in [2.24, 2.45) is 0 Å². The zero-order chi connectivity index (χ0) is 18.1. The minimum Gasteiger partial charge on any atom is -0.497 e. The lowest BCUT2D eigenvalue weighted by Gasteiger charge is -2.11. The van der Waals surface area contributed by atoms with Gasteiger partial charge in [0.05, 0.1) is 12.8 Å². The van der Waals surface area contributed by atoms with Gasteiger partial charge in [-0.3, -0.25) is 4.79 Å². The highest BCUT2D eigenvalue weighted by atomic mass is 16.5. The van der Waals surface area contributed by atoms with E-state index in [2.05, 4.69) is 15.3 Å². The van der Waals surface area contributed by atoms with Crippen LogP contribution in [0.2, 0.25) is 0 Å². The van der Waals surface area contributed by atoms with E-state index >= 15 is 0 Å². The van der Waals surface area contributed by atoms with Gasteiger partial charge in [0.15, 0.2) is 5.78 Å². The molecule has 1 aromatic heterocycles. The largest absolute Gasteiger partial charge is 0.497 e. The number of nitrogen functional groups attached to an aromatic ring is 1. The Morgan fingerprint density at radius 1 is 1.15 bits per heavy atom. The summed E-state index contributed by atoms with van der Waals surface area (Å²) in [4.78, 5) is 21.0. The molecule has 6 nitrogen and oxygen atoms in total. The predicted octanol–water partition coefficient (Wildman–Crippen LogP) is 3.61. The molecule has 4 rings (SSSR count). The Kier molecular flexibility index (Phi) is 4.01. The van der Waals surface area contributed by atoms with Gasteiger partial charge in [-0.05, 0) is 36.2 Å². The number of hydrogen-bond donors (Lipinski definition) is 2. The summed E-state index contributed by atoms with van der Waals surface area (Å²) in [6, 6.07) is 13.1. The Labute approximate surface area is 151 Å². The first-order valence-corrected chi connectivity index (χ1v) is 8.35. The normalized spacial score (nSPS) is 12.7. The van der Waals surface area contributed by atoms with Gasteiger partial charge in [-0.2, -0.15) is 0 Å². The average Bonchev–Trinajstić information content (AvgIpc) is 3.05. The zero-order valence-corrected chi connectivity index (χ0v) is 14.3. The number of anilines is 3. The molecule has 0 bridgehead atoms. The SMILES string of the molecule is COc1cccc(Nc2nccc(-c3ccc(N)c4c3CCC4=O)n2)c1. The number of fused-ring (bicyclic) bond motifs is 1. The quantitative estimate of drug-likeness (QED) is 0.702. The van der Waals surface area contributed by atoms with Crippen LogP contribution in [-0.4, -0.2) is 22.9 Å². The summed E-state index contributed by atoms with van der Waals surface area (Å²) >= 11 is 0. The summed E-state index contributed by atoms with van der Waals surface area (Å²) in [7, 11) is 1.62. The lowest BCUT2D eigenvalue weighted by molar-refractivity contribution is 0.0995. The molecule has 1 aliphatic rings. The van der Waals surface area contributed by atoms with E-state index in [1.165, 1.54) is 0 Å². The molecule has 0 spiro atoms. The fourth-order valence-electron chi connectivity index (χ4n) is 3.26. The van der Waals surface area contributed by atoms with E-state index in [1.807, 2.05) is 36.4 Å². The van der Waals surface area contributed by atoms with Crippen molar-refractivity contribution in [3.8, 4) is 17.0 Å². The van der Waals surface area contributed by atoms with Crippen molar-refractivity contribution in [2.45, 2.75) is 12.8 Å². The summed E-state index contributed by atoms with van der Waals surface area (Å²) in [5.41, 5.74) is 10.7. The third-order valence-electron chi connectivity index (χ3n) is 4.48. The number of carbonyl (C=O) groups is 1. The van der Waals surface area contributed by atoms with E-state index in [0.717, 1.165) is 28.3 Å². The molecule has 0 atom stereocenters. The molecule has 2 aromatic carbocycles. The number of ketones is 1. The molecular weight excluding hydrogens is 328 g/mol. The Morgan fingerprint density at radius 3 is 2.88 bits per heavy atom. The summed E-state index contributed by atoms with van der Waals surface area (Å²) < 4.78 is 5.23. The minimum absolute atomic E-state index is 0.100. The van der Waals surface area contributed by atoms with Crippen LogP contribution in [0.25, 0.3) is 11.3 Å². The molecule has 0 amide bonds. The predicted molar refractivity (Wildman–Crippen MR) is 101 cm³/mol. The molecule has 0 unspecified atom stereocenters. The molecule has 26 heavy (non-hydrogen) atoms. The lowest BCUT2D eigenvalue weighted by atomic mass is 9.99. The number of nitrogens with two attached hydrogens (primary N) is 1. The zero-order valence-electron chi connectivity index (χ0n) is 14.3. The first-order chi connectivity index (χ1) is 12.7. The maximum Gasteiger partial charge on any atom is 0.227 e. The average molecular weight is 346 g/mol. The van der Waals surface area contributed by atoms with Gasteiger partial charge in [0.25, 0.3) is 0 Å². The molecule has 0 saturated heterocycles.